The molecule has 0 aromatic rings. The molecule has 0 saturated heterocycles. The highest BCUT2D eigenvalue weighted by atomic mass is 16.4. The normalized spacial score (nSPS) is 9.24. The Morgan fingerprint density at radius 2 is 1.65 bits per heavy atom. The van der Waals surface area contributed by atoms with E-state index in [1.165, 1.54) is 0 Å². The zero-order valence-corrected chi connectivity index (χ0v) is 11.2. The van der Waals surface area contributed by atoms with Crippen LogP contribution < -0.4 is 5.32 Å². The van der Waals surface area contributed by atoms with Crippen LogP contribution >= 0.6 is 0 Å². The van der Waals surface area contributed by atoms with Crippen LogP contribution in [0.1, 0.15) is 27.7 Å². The molecule has 0 aliphatic rings. The van der Waals surface area contributed by atoms with Gasteiger partial charge in [-0.15, -0.1) is 0 Å². The van der Waals surface area contributed by atoms with Crippen LogP contribution in [0, 0.1) is 0 Å². The molecule has 0 aliphatic heterocycles. The van der Waals surface area contributed by atoms with Crippen LogP contribution in [0.2, 0.25) is 0 Å². The number of carboxylic acids is 1. The van der Waals surface area contributed by atoms with E-state index in [4.69, 9.17) is 9.90 Å². The number of hydrogen-bond acceptors (Lipinski definition) is 3. The molecule has 1 amide bonds. The molecule has 0 atom stereocenters. The highest BCUT2D eigenvalue weighted by Gasteiger charge is 2.01. The average molecular weight is 244 g/mol. The van der Waals surface area contributed by atoms with Crippen molar-refractivity contribution < 1.29 is 14.7 Å². The molecular formula is C12H24N2O3. The maximum Gasteiger partial charge on any atom is 0.300 e. The summed E-state index contributed by atoms with van der Waals surface area (Å²) in [4.78, 5) is 22.3. The molecule has 0 spiro atoms. The van der Waals surface area contributed by atoms with Gasteiger partial charge in [0.15, 0.2) is 0 Å². The third-order valence-corrected chi connectivity index (χ3v) is 2.00. The second-order valence-electron chi connectivity index (χ2n) is 3.58. The van der Waals surface area contributed by atoms with E-state index in [0.717, 1.165) is 26.6 Å². The van der Waals surface area contributed by atoms with Gasteiger partial charge in [0, 0.05) is 25.6 Å². The van der Waals surface area contributed by atoms with E-state index in [1.54, 1.807) is 6.92 Å². The molecule has 0 radical (unpaired) electrons. The highest BCUT2D eigenvalue weighted by Crippen LogP contribution is 1.87. The lowest BCUT2D eigenvalue weighted by Crippen LogP contribution is -2.34. The van der Waals surface area contributed by atoms with Crippen molar-refractivity contribution in [3.8, 4) is 0 Å². The highest BCUT2D eigenvalue weighted by molar-refractivity contribution is 5.92. The van der Waals surface area contributed by atoms with E-state index in [-0.39, 0.29) is 5.91 Å². The minimum absolute atomic E-state index is 0.0489. The van der Waals surface area contributed by atoms with Crippen molar-refractivity contribution in [2.24, 2.45) is 0 Å². The summed E-state index contributed by atoms with van der Waals surface area (Å²) in [7, 11) is 0. The summed E-state index contributed by atoms with van der Waals surface area (Å²) in [5.41, 5.74) is 0.569. The van der Waals surface area contributed by atoms with E-state index in [2.05, 4.69) is 30.6 Å². The van der Waals surface area contributed by atoms with Gasteiger partial charge in [-0.1, -0.05) is 20.4 Å². The lowest BCUT2D eigenvalue weighted by Gasteiger charge is -2.17. The van der Waals surface area contributed by atoms with Gasteiger partial charge >= 0.3 is 0 Å². The Labute approximate surface area is 103 Å². The summed E-state index contributed by atoms with van der Waals surface area (Å²) in [6.45, 7) is 14.3. The topological polar surface area (TPSA) is 69.6 Å². The first-order valence-electron chi connectivity index (χ1n) is 5.70. The van der Waals surface area contributed by atoms with Gasteiger partial charge in [-0.3, -0.25) is 9.59 Å². The molecule has 0 heterocycles. The number of nitrogens with one attached hydrogen (secondary N) is 1. The summed E-state index contributed by atoms with van der Waals surface area (Å²) in [6.07, 6.45) is 0. The number of hydrogen-bond donors (Lipinski definition) is 2. The summed E-state index contributed by atoms with van der Waals surface area (Å²) in [5, 5.41) is 10.2. The molecular weight excluding hydrogens is 220 g/mol. The van der Waals surface area contributed by atoms with Crippen LogP contribution in [0.3, 0.4) is 0 Å². The lowest BCUT2D eigenvalue weighted by molar-refractivity contribution is -0.134. The number of aliphatic carboxylic acids is 1. The molecule has 0 bridgehead atoms. The monoisotopic (exact) mass is 244 g/mol. The Morgan fingerprint density at radius 1 is 1.24 bits per heavy atom. The van der Waals surface area contributed by atoms with Crippen molar-refractivity contribution in [1.29, 1.82) is 0 Å². The standard InChI is InChI=1S/C10H20N2O.C2H4O2/c1-5-12(6-2)8-7-11-10(13)9(3)4;1-2(3)4/h3,5-8H2,1-2,4H3,(H,11,13);1H3,(H,3,4). The fourth-order valence-corrected chi connectivity index (χ4v) is 1.02. The number of nitrogens with zero attached hydrogens (tertiary/aromatic N) is 1. The van der Waals surface area contributed by atoms with Gasteiger partial charge in [0.25, 0.3) is 5.97 Å². The molecule has 0 rings (SSSR count). The number of likely N-dealkylation sites (N-methyl/N-ethyl adjacent to an activating group) is 1. The molecule has 0 aliphatic carbocycles. The smallest absolute Gasteiger partial charge is 0.300 e. The third-order valence-electron chi connectivity index (χ3n) is 2.00. The van der Waals surface area contributed by atoms with Crippen LogP contribution in [0.4, 0.5) is 0 Å². The van der Waals surface area contributed by atoms with E-state index in [1.807, 2.05) is 0 Å². The first kappa shape index (κ1) is 18.0. The number of carbonyl (C=O) groups is 2. The second-order valence-corrected chi connectivity index (χ2v) is 3.58. The predicted molar refractivity (Wildman–Crippen MR) is 68.9 cm³/mol. The zero-order valence-electron chi connectivity index (χ0n) is 11.2. The van der Waals surface area contributed by atoms with Gasteiger partial charge in [-0.25, -0.2) is 0 Å². The maximum absolute atomic E-state index is 11.1. The van der Waals surface area contributed by atoms with Crippen LogP contribution in [0.15, 0.2) is 12.2 Å². The van der Waals surface area contributed by atoms with E-state index < -0.39 is 5.97 Å². The Bertz CT molecular complexity index is 244. The quantitative estimate of drug-likeness (QED) is 0.687. The maximum atomic E-state index is 11.1. The van der Waals surface area contributed by atoms with E-state index >= 15 is 0 Å². The van der Waals surface area contributed by atoms with Gasteiger partial charge in [0.05, 0.1) is 0 Å². The first-order valence-corrected chi connectivity index (χ1v) is 5.70. The number of carbonyl (C=O) groups excluding carboxylic acids is 1. The molecule has 0 aromatic heterocycles. The fourth-order valence-electron chi connectivity index (χ4n) is 1.02. The molecule has 2 N–H and O–H groups in total. The van der Waals surface area contributed by atoms with Gasteiger partial charge in [-0.2, -0.15) is 0 Å². The molecule has 17 heavy (non-hydrogen) atoms. The fraction of sp³-hybridized carbons (Fsp3) is 0.667. The van der Waals surface area contributed by atoms with Crippen molar-refractivity contribution in [1.82, 2.24) is 10.2 Å². The number of amides is 1. The van der Waals surface area contributed by atoms with Crippen LogP contribution in [0.25, 0.3) is 0 Å². The summed E-state index contributed by atoms with van der Waals surface area (Å²) in [6, 6.07) is 0. The van der Waals surface area contributed by atoms with Crippen molar-refractivity contribution in [2.75, 3.05) is 26.2 Å². The van der Waals surface area contributed by atoms with Gasteiger partial charge in [-0.05, 0) is 20.0 Å². The SMILES string of the molecule is C=C(C)C(=O)NCCN(CC)CC.CC(=O)O. The Kier molecular flexibility index (Phi) is 11.8. The molecule has 0 aromatic carbocycles. The van der Waals surface area contributed by atoms with Gasteiger partial charge in [0.1, 0.15) is 0 Å². The molecule has 0 unspecified atom stereocenters. The lowest BCUT2D eigenvalue weighted by atomic mass is 10.3. The van der Waals surface area contributed by atoms with E-state index in [0.29, 0.717) is 12.1 Å². The second kappa shape index (κ2) is 11.1. The van der Waals surface area contributed by atoms with Crippen molar-refractivity contribution in [3.63, 3.8) is 0 Å². The molecule has 5 nitrogen and oxygen atoms in total. The molecule has 5 heteroatoms. The van der Waals surface area contributed by atoms with Crippen LogP contribution in [0.5, 0.6) is 0 Å². The molecule has 0 saturated carbocycles. The largest absolute Gasteiger partial charge is 0.481 e. The molecule has 0 fully saturated rings. The van der Waals surface area contributed by atoms with E-state index in [9.17, 15) is 4.79 Å². The van der Waals surface area contributed by atoms with Crippen molar-refractivity contribution >= 4 is 11.9 Å². The Morgan fingerprint density at radius 3 is 1.94 bits per heavy atom. The third kappa shape index (κ3) is 14.6. The Hall–Kier alpha value is -1.36. The summed E-state index contributed by atoms with van der Waals surface area (Å²) < 4.78 is 0. The van der Waals surface area contributed by atoms with Crippen molar-refractivity contribution in [2.45, 2.75) is 27.7 Å². The van der Waals surface area contributed by atoms with Crippen LogP contribution in [-0.2, 0) is 9.59 Å². The summed E-state index contributed by atoms with van der Waals surface area (Å²) in [5.74, 6) is -0.882. The number of rotatable bonds is 6. The molecule has 100 valence electrons. The average Bonchev–Trinajstić information content (AvgIpc) is 2.23. The van der Waals surface area contributed by atoms with Crippen LogP contribution in [-0.4, -0.2) is 48.1 Å². The van der Waals surface area contributed by atoms with Gasteiger partial charge < -0.3 is 15.3 Å². The minimum atomic E-state index is -0.833. The summed E-state index contributed by atoms with van der Waals surface area (Å²) >= 11 is 0. The predicted octanol–water partition coefficient (Wildman–Crippen LogP) is 1.11. The van der Waals surface area contributed by atoms with Crippen molar-refractivity contribution in [3.05, 3.63) is 12.2 Å². The first-order chi connectivity index (χ1) is 7.84. The number of carboxylic acid groups (broad SMARTS) is 1. The Balaban J connectivity index is 0. The van der Waals surface area contributed by atoms with Gasteiger partial charge in [0.2, 0.25) is 5.91 Å². The zero-order chi connectivity index (χ0) is 13.8. The minimum Gasteiger partial charge on any atom is -0.481 e.